The Kier molecular flexibility index (Phi) is 5.67. The van der Waals surface area contributed by atoms with Gasteiger partial charge >= 0.3 is 0 Å². The quantitative estimate of drug-likeness (QED) is 0.245. The molecule has 0 spiro atoms. The molecule has 0 saturated carbocycles. The fourth-order valence-electron chi connectivity index (χ4n) is 3.33. The fraction of sp³-hybridized carbons (Fsp3) is 0.238. The van der Waals surface area contributed by atoms with E-state index in [0.29, 0.717) is 10.9 Å². The lowest BCUT2D eigenvalue weighted by atomic mass is 9.90. The number of nitro benzene ring substituents is 1. The van der Waals surface area contributed by atoms with Gasteiger partial charge in [0.05, 0.1) is 26.2 Å². The van der Waals surface area contributed by atoms with Crippen molar-refractivity contribution in [1.82, 2.24) is 15.3 Å². The van der Waals surface area contributed by atoms with Crippen LogP contribution in [0.25, 0.3) is 10.9 Å². The first kappa shape index (κ1) is 21.2. The number of halogens is 3. The Labute approximate surface area is 187 Å². The van der Waals surface area contributed by atoms with Crippen LogP contribution in [0.1, 0.15) is 18.9 Å². The number of nitrogens with one attached hydrogen (secondary N) is 2. The summed E-state index contributed by atoms with van der Waals surface area (Å²) in [6, 6.07) is 5.73. The summed E-state index contributed by atoms with van der Waals surface area (Å²) in [7, 11) is 0. The number of anilines is 2. The lowest BCUT2D eigenvalue weighted by Crippen LogP contribution is -2.17. The van der Waals surface area contributed by atoms with Crippen LogP contribution >= 0.6 is 23.2 Å². The average Bonchev–Trinajstić information content (AvgIpc) is 3.19. The van der Waals surface area contributed by atoms with Gasteiger partial charge in [-0.1, -0.05) is 35.0 Å². The Morgan fingerprint density at radius 3 is 2.84 bits per heavy atom. The fourth-order valence-corrected chi connectivity index (χ4v) is 3.65. The van der Waals surface area contributed by atoms with Gasteiger partial charge in [0.2, 0.25) is 0 Å². The van der Waals surface area contributed by atoms with E-state index in [1.807, 2.05) is 6.92 Å². The van der Waals surface area contributed by atoms with Gasteiger partial charge in [-0.2, -0.15) is 0 Å². The molecule has 0 radical (unpaired) electrons. The largest absolute Gasteiger partial charge is 0.337 e. The second-order valence-electron chi connectivity index (χ2n) is 7.45. The molecule has 2 heterocycles. The van der Waals surface area contributed by atoms with E-state index < -0.39 is 10.7 Å². The monoisotopic (exact) mass is 459 g/mol. The van der Waals surface area contributed by atoms with E-state index in [1.54, 1.807) is 6.07 Å². The second kappa shape index (κ2) is 8.27. The molecule has 10 heteroatoms. The maximum Gasteiger partial charge on any atom is 0.285 e. The Hall–Kier alpha value is -2.99. The smallest absolute Gasteiger partial charge is 0.285 e. The van der Waals surface area contributed by atoms with Crippen LogP contribution in [0.3, 0.4) is 0 Å². The minimum absolute atomic E-state index is 0.0302. The second-order valence-corrected chi connectivity index (χ2v) is 8.24. The molecular formula is C21H16Cl2FN5O2. The number of nitro groups is 1. The first-order chi connectivity index (χ1) is 14.8. The molecule has 1 aliphatic heterocycles. The first-order valence-electron chi connectivity index (χ1n) is 9.35. The van der Waals surface area contributed by atoms with Crippen molar-refractivity contribution in [3.63, 3.8) is 0 Å². The van der Waals surface area contributed by atoms with E-state index in [9.17, 15) is 14.5 Å². The molecule has 1 atom stereocenters. The highest BCUT2D eigenvalue weighted by Gasteiger charge is 2.26. The number of hydrogen-bond donors (Lipinski definition) is 2. The Morgan fingerprint density at radius 2 is 2.13 bits per heavy atom. The van der Waals surface area contributed by atoms with Gasteiger partial charge in [-0.25, -0.2) is 14.4 Å². The standard InChI is InChI=1S/C21H16Cl2FN5O2/c1-21(6-7-25-10-21)5-4-12-8-16-13(9-17(12)29(30)31)20(27-11-26-16)28-15-3-2-14(22)18(23)19(15)24/h2-3,8-9,11,25H,6-7,10H2,1H3,(H,26,27,28). The van der Waals surface area contributed by atoms with Gasteiger partial charge in [-0.05, 0) is 38.1 Å². The highest BCUT2D eigenvalue weighted by Crippen LogP contribution is 2.34. The summed E-state index contributed by atoms with van der Waals surface area (Å²) in [5.41, 5.74) is 0.301. The normalized spacial score (nSPS) is 17.9. The molecule has 2 aromatic carbocycles. The van der Waals surface area contributed by atoms with E-state index >= 15 is 0 Å². The predicted octanol–water partition coefficient (Wildman–Crippen LogP) is 5.08. The van der Waals surface area contributed by atoms with Crippen LogP contribution in [0.5, 0.6) is 0 Å². The molecule has 31 heavy (non-hydrogen) atoms. The maximum absolute atomic E-state index is 14.5. The summed E-state index contributed by atoms with van der Waals surface area (Å²) >= 11 is 11.7. The topological polar surface area (TPSA) is 93.0 Å². The zero-order valence-electron chi connectivity index (χ0n) is 16.3. The molecule has 1 fully saturated rings. The van der Waals surface area contributed by atoms with Gasteiger partial charge in [0.15, 0.2) is 5.82 Å². The number of hydrogen-bond acceptors (Lipinski definition) is 6. The van der Waals surface area contributed by atoms with Gasteiger partial charge < -0.3 is 10.6 Å². The van der Waals surface area contributed by atoms with Gasteiger partial charge in [-0.3, -0.25) is 10.1 Å². The Balaban J connectivity index is 1.80. The van der Waals surface area contributed by atoms with Gasteiger partial charge in [0.1, 0.15) is 17.7 Å². The summed E-state index contributed by atoms with van der Waals surface area (Å²) in [4.78, 5) is 19.5. The molecule has 4 rings (SSSR count). The van der Waals surface area contributed by atoms with Gasteiger partial charge in [0.25, 0.3) is 5.69 Å². The van der Waals surface area contributed by atoms with Crippen molar-refractivity contribution in [3.8, 4) is 11.8 Å². The SMILES string of the molecule is CC1(C#Cc2cc3ncnc(Nc4ccc(Cl)c(Cl)c4F)c3cc2[N+](=O)[O-])CCNC1. The van der Waals surface area contributed by atoms with Gasteiger partial charge in [0, 0.05) is 23.4 Å². The number of fused-ring (bicyclic) bond motifs is 1. The minimum atomic E-state index is -0.753. The molecule has 1 aromatic heterocycles. The maximum atomic E-state index is 14.5. The molecular weight excluding hydrogens is 444 g/mol. The minimum Gasteiger partial charge on any atom is -0.337 e. The number of aromatic nitrogens is 2. The van der Waals surface area contributed by atoms with E-state index in [0.717, 1.165) is 19.5 Å². The highest BCUT2D eigenvalue weighted by atomic mass is 35.5. The lowest BCUT2D eigenvalue weighted by molar-refractivity contribution is -0.385. The first-order valence-corrected chi connectivity index (χ1v) is 10.1. The lowest BCUT2D eigenvalue weighted by Gasteiger charge is -2.13. The summed E-state index contributed by atoms with van der Waals surface area (Å²) in [5, 5.41) is 18.0. The highest BCUT2D eigenvalue weighted by molar-refractivity contribution is 6.42. The van der Waals surface area contributed by atoms with Crippen LogP contribution in [0, 0.1) is 33.2 Å². The molecule has 3 aromatic rings. The van der Waals surface area contributed by atoms with Crippen molar-refractivity contribution in [3.05, 3.63) is 62.1 Å². The van der Waals surface area contributed by atoms with Gasteiger partial charge in [-0.15, -0.1) is 0 Å². The molecule has 158 valence electrons. The molecule has 0 aliphatic carbocycles. The third-order valence-corrected chi connectivity index (χ3v) is 5.89. The molecule has 1 saturated heterocycles. The average molecular weight is 460 g/mol. The summed E-state index contributed by atoms with van der Waals surface area (Å²) < 4.78 is 14.5. The predicted molar refractivity (Wildman–Crippen MR) is 118 cm³/mol. The number of nitrogens with zero attached hydrogens (tertiary/aromatic N) is 3. The van der Waals surface area contributed by atoms with Crippen molar-refractivity contribution in [2.45, 2.75) is 13.3 Å². The third kappa shape index (κ3) is 4.26. The Bertz CT molecular complexity index is 1270. The van der Waals surface area contributed by atoms with E-state index in [1.165, 1.54) is 24.5 Å². The number of benzene rings is 2. The van der Waals surface area contributed by atoms with Crippen LogP contribution < -0.4 is 10.6 Å². The van der Waals surface area contributed by atoms with E-state index in [-0.39, 0.29) is 38.2 Å². The van der Waals surface area contributed by atoms with Crippen LogP contribution in [0.2, 0.25) is 10.0 Å². The van der Waals surface area contributed by atoms with E-state index in [2.05, 4.69) is 32.4 Å². The van der Waals surface area contributed by atoms with Crippen molar-refractivity contribution >= 4 is 51.3 Å². The van der Waals surface area contributed by atoms with Crippen molar-refractivity contribution in [2.75, 3.05) is 18.4 Å². The van der Waals surface area contributed by atoms with Crippen LogP contribution in [0.15, 0.2) is 30.6 Å². The summed E-state index contributed by atoms with van der Waals surface area (Å²) in [6.45, 7) is 3.61. The van der Waals surface area contributed by atoms with E-state index in [4.69, 9.17) is 23.2 Å². The van der Waals surface area contributed by atoms with Crippen molar-refractivity contribution in [2.24, 2.45) is 5.41 Å². The molecule has 7 nitrogen and oxygen atoms in total. The van der Waals surface area contributed by atoms with Crippen LogP contribution in [-0.2, 0) is 0 Å². The van der Waals surface area contributed by atoms with Crippen molar-refractivity contribution < 1.29 is 9.31 Å². The summed E-state index contributed by atoms with van der Waals surface area (Å²) in [6.07, 6.45) is 2.15. The Morgan fingerprint density at radius 1 is 1.32 bits per heavy atom. The molecule has 1 unspecified atom stereocenters. The zero-order valence-corrected chi connectivity index (χ0v) is 17.8. The van der Waals surface area contributed by atoms with Crippen LogP contribution in [-0.4, -0.2) is 28.0 Å². The molecule has 0 amide bonds. The molecule has 1 aliphatic rings. The third-order valence-electron chi connectivity index (χ3n) is 5.11. The zero-order chi connectivity index (χ0) is 22.2. The number of rotatable bonds is 3. The molecule has 2 N–H and O–H groups in total. The summed E-state index contributed by atoms with van der Waals surface area (Å²) in [5.74, 6) is 5.55. The molecule has 0 bridgehead atoms. The van der Waals surface area contributed by atoms with Crippen molar-refractivity contribution in [1.29, 1.82) is 0 Å². The van der Waals surface area contributed by atoms with Crippen LogP contribution in [0.4, 0.5) is 21.6 Å².